The number of rotatable bonds is 7. The van der Waals surface area contributed by atoms with Crippen molar-refractivity contribution in [3.63, 3.8) is 0 Å². The van der Waals surface area contributed by atoms with Crippen molar-refractivity contribution in [3.05, 3.63) is 89.5 Å². The van der Waals surface area contributed by atoms with E-state index in [0.717, 1.165) is 5.56 Å². The zero-order chi connectivity index (χ0) is 21.8. The third kappa shape index (κ3) is 4.53. The van der Waals surface area contributed by atoms with Crippen LogP contribution in [0, 0.1) is 0 Å². The van der Waals surface area contributed by atoms with Gasteiger partial charge in [0.1, 0.15) is 12.4 Å². The number of carbonyl (C=O) groups is 2. The fourth-order valence-electron chi connectivity index (χ4n) is 3.92. The van der Waals surface area contributed by atoms with Crippen LogP contribution >= 0.6 is 0 Å². The normalized spacial score (nSPS) is 12.0. The Morgan fingerprint density at radius 3 is 2.23 bits per heavy atom. The lowest BCUT2D eigenvalue weighted by molar-refractivity contribution is -0.139. The molecule has 0 bridgehead atoms. The average Bonchev–Trinajstić information content (AvgIpc) is 3.10. The Morgan fingerprint density at radius 2 is 1.58 bits per heavy atom. The first-order valence-corrected chi connectivity index (χ1v) is 10.0. The van der Waals surface area contributed by atoms with E-state index in [4.69, 9.17) is 14.6 Å². The van der Waals surface area contributed by atoms with E-state index < -0.39 is 18.7 Å². The molecule has 1 aliphatic rings. The van der Waals surface area contributed by atoms with Crippen LogP contribution in [0.1, 0.15) is 22.6 Å². The summed E-state index contributed by atoms with van der Waals surface area (Å²) in [4.78, 5) is 24.8. The van der Waals surface area contributed by atoms with Gasteiger partial charge in [0.05, 0.1) is 0 Å². The minimum absolute atomic E-state index is 0.0116. The van der Waals surface area contributed by atoms with Crippen molar-refractivity contribution in [2.75, 3.05) is 20.3 Å². The van der Waals surface area contributed by atoms with E-state index in [0.29, 0.717) is 12.3 Å². The molecular formula is C25H23NO5. The molecule has 158 valence electrons. The molecule has 1 amide bonds. The van der Waals surface area contributed by atoms with Gasteiger partial charge in [-0.3, -0.25) is 0 Å². The number of benzene rings is 3. The summed E-state index contributed by atoms with van der Waals surface area (Å²) >= 11 is 0. The number of fused-ring (bicyclic) bond motifs is 3. The zero-order valence-electron chi connectivity index (χ0n) is 17.2. The Balaban J connectivity index is 1.39. The number of aliphatic carboxylic acids is 1. The van der Waals surface area contributed by atoms with Crippen molar-refractivity contribution in [2.45, 2.75) is 12.5 Å². The van der Waals surface area contributed by atoms with Gasteiger partial charge in [-0.1, -0.05) is 60.7 Å². The number of hydrogen-bond acceptors (Lipinski definition) is 4. The molecule has 0 fully saturated rings. The Labute approximate surface area is 180 Å². The van der Waals surface area contributed by atoms with Crippen molar-refractivity contribution in [1.82, 2.24) is 4.90 Å². The van der Waals surface area contributed by atoms with Crippen LogP contribution in [0.5, 0.6) is 5.75 Å². The van der Waals surface area contributed by atoms with Gasteiger partial charge in [0.25, 0.3) is 0 Å². The van der Waals surface area contributed by atoms with Gasteiger partial charge in [0.2, 0.25) is 0 Å². The fourth-order valence-corrected chi connectivity index (χ4v) is 3.92. The van der Waals surface area contributed by atoms with E-state index in [2.05, 4.69) is 24.3 Å². The molecule has 0 spiro atoms. The van der Waals surface area contributed by atoms with E-state index in [9.17, 15) is 9.59 Å². The van der Waals surface area contributed by atoms with E-state index in [1.54, 1.807) is 25.2 Å². The summed E-state index contributed by atoms with van der Waals surface area (Å²) in [6.45, 7) is 0.172. The number of ether oxygens (including phenoxy) is 2. The first kappa shape index (κ1) is 20.5. The van der Waals surface area contributed by atoms with Gasteiger partial charge in [-0.05, 0) is 39.9 Å². The van der Waals surface area contributed by atoms with Gasteiger partial charge in [0, 0.05) is 19.5 Å². The molecule has 3 aromatic carbocycles. The molecule has 1 N–H and O–H groups in total. The highest BCUT2D eigenvalue weighted by Gasteiger charge is 2.29. The van der Waals surface area contributed by atoms with Crippen molar-refractivity contribution >= 4 is 12.1 Å². The summed E-state index contributed by atoms with van der Waals surface area (Å²) < 4.78 is 10.9. The Bertz CT molecular complexity index is 1060. The molecule has 6 nitrogen and oxygen atoms in total. The number of nitrogens with zero attached hydrogens (tertiary/aromatic N) is 1. The molecule has 0 saturated carbocycles. The molecule has 0 aromatic heterocycles. The van der Waals surface area contributed by atoms with E-state index in [1.807, 2.05) is 30.3 Å². The average molecular weight is 417 g/mol. The predicted molar refractivity (Wildman–Crippen MR) is 116 cm³/mol. The van der Waals surface area contributed by atoms with Gasteiger partial charge >= 0.3 is 12.1 Å². The molecule has 0 saturated heterocycles. The highest BCUT2D eigenvalue weighted by molar-refractivity contribution is 5.79. The molecule has 31 heavy (non-hydrogen) atoms. The first-order valence-electron chi connectivity index (χ1n) is 10.0. The fraction of sp³-hybridized carbons (Fsp3) is 0.200. The number of carbonyl (C=O) groups excluding carboxylic acids is 1. The second-order valence-corrected chi connectivity index (χ2v) is 7.49. The molecule has 4 rings (SSSR count). The number of carboxylic acids is 1. The quantitative estimate of drug-likeness (QED) is 0.611. The minimum Gasteiger partial charge on any atom is -0.482 e. The van der Waals surface area contributed by atoms with Crippen LogP contribution in [-0.4, -0.2) is 42.3 Å². The maximum atomic E-state index is 12.6. The van der Waals surface area contributed by atoms with Gasteiger partial charge in [-0.2, -0.15) is 0 Å². The van der Waals surface area contributed by atoms with E-state index in [-0.39, 0.29) is 12.5 Å². The van der Waals surface area contributed by atoms with Crippen LogP contribution in [0.3, 0.4) is 0 Å². The SMILES string of the molecule is CN(Cc1cccc(OCC(=O)O)c1)C(=O)OCC1c2ccccc2-c2ccccc21. The van der Waals surface area contributed by atoms with Crippen molar-refractivity contribution in [2.24, 2.45) is 0 Å². The molecule has 0 unspecified atom stereocenters. The monoisotopic (exact) mass is 417 g/mol. The number of amides is 1. The highest BCUT2D eigenvalue weighted by Crippen LogP contribution is 2.44. The largest absolute Gasteiger partial charge is 0.482 e. The van der Waals surface area contributed by atoms with Crippen LogP contribution < -0.4 is 4.74 Å². The summed E-state index contributed by atoms with van der Waals surface area (Å²) in [5.41, 5.74) is 5.53. The maximum Gasteiger partial charge on any atom is 0.409 e. The van der Waals surface area contributed by atoms with Gasteiger partial charge < -0.3 is 19.5 Å². The topological polar surface area (TPSA) is 76.1 Å². The van der Waals surface area contributed by atoms with Crippen molar-refractivity contribution < 1.29 is 24.2 Å². The molecular weight excluding hydrogens is 394 g/mol. The summed E-state index contributed by atoms with van der Waals surface area (Å²) in [5, 5.41) is 8.74. The van der Waals surface area contributed by atoms with E-state index in [1.165, 1.54) is 27.2 Å². The first-order chi connectivity index (χ1) is 15.0. The second kappa shape index (κ2) is 8.92. The smallest absolute Gasteiger partial charge is 0.409 e. The highest BCUT2D eigenvalue weighted by atomic mass is 16.6. The number of carboxylic acid groups (broad SMARTS) is 1. The van der Waals surface area contributed by atoms with Gasteiger partial charge in [-0.15, -0.1) is 0 Å². The second-order valence-electron chi connectivity index (χ2n) is 7.49. The molecule has 0 heterocycles. The van der Waals surface area contributed by atoms with Crippen LogP contribution in [0.25, 0.3) is 11.1 Å². The van der Waals surface area contributed by atoms with Crippen LogP contribution in [-0.2, 0) is 16.1 Å². The van der Waals surface area contributed by atoms with E-state index >= 15 is 0 Å². The maximum absolute atomic E-state index is 12.6. The van der Waals surface area contributed by atoms with Crippen LogP contribution in [0.2, 0.25) is 0 Å². The Kier molecular flexibility index (Phi) is 5.89. The lowest BCUT2D eigenvalue weighted by atomic mass is 9.98. The summed E-state index contributed by atoms with van der Waals surface area (Å²) in [6, 6.07) is 23.4. The van der Waals surface area contributed by atoms with Crippen molar-refractivity contribution in [1.29, 1.82) is 0 Å². The summed E-state index contributed by atoms with van der Waals surface area (Å²) in [7, 11) is 1.67. The lowest BCUT2D eigenvalue weighted by Crippen LogP contribution is -2.28. The van der Waals surface area contributed by atoms with Gasteiger partial charge in [-0.25, -0.2) is 9.59 Å². The molecule has 3 aromatic rings. The molecule has 0 radical (unpaired) electrons. The summed E-state index contributed by atoms with van der Waals surface area (Å²) in [6.07, 6.45) is -0.418. The standard InChI is InChI=1S/C25H23NO5/c1-26(14-17-7-6-8-18(13-17)30-16-24(27)28)25(29)31-15-23-21-11-4-2-9-19(21)20-10-3-5-12-22(20)23/h2-13,23H,14-16H2,1H3,(H,27,28). The Hall–Kier alpha value is -3.80. The molecule has 1 aliphatic carbocycles. The van der Waals surface area contributed by atoms with Crippen LogP contribution in [0.4, 0.5) is 4.79 Å². The number of hydrogen-bond donors (Lipinski definition) is 1. The molecule has 0 aliphatic heterocycles. The van der Waals surface area contributed by atoms with Crippen molar-refractivity contribution in [3.8, 4) is 16.9 Å². The molecule has 6 heteroatoms. The zero-order valence-corrected chi connectivity index (χ0v) is 17.2. The summed E-state index contributed by atoms with van der Waals surface area (Å²) in [5.74, 6) is -0.584. The predicted octanol–water partition coefficient (Wildman–Crippen LogP) is 4.53. The van der Waals surface area contributed by atoms with Crippen LogP contribution in [0.15, 0.2) is 72.8 Å². The third-order valence-corrected chi connectivity index (χ3v) is 5.33. The Morgan fingerprint density at radius 1 is 0.935 bits per heavy atom. The lowest BCUT2D eigenvalue weighted by Gasteiger charge is -2.20. The molecule has 0 atom stereocenters. The minimum atomic E-state index is -1.04. The van der Waals surface area contributed by atoms with Gasteiger partial charge in [0.15, 0.2) is 6.61 Å². The third-order valence-electron chi connectivity index (χ3n) is 5.33.